The van der Waals surface area contributed by atoms with E-state index in [0.717, 1.165) is 18.6 Å². The molecule has 3 nitrogen and oxygen atoms in total. The maximum absolute atomic E-state index is 4.70. The molecule has 0 aliphatic carbocycles. The Kier molecular flexibility index (Phi) is 3.92. The summed E-state index contributed by atoms with van der Waals surface area (Å²) in [6.45, 7) is 5.35. The van der Waals surface area contributed by atoms with E-state index < -0.39 is 0 Å². The van der Waals surface area contributed by atoms with Crippen LogP contribution in [0.1, 0.15) is 55.3 Å². The summed E-state index contributed by atoms with van der Waals surface area (Å²) in [4.78, 5) is 8.69. The first-order chi connectivity index (χ1) is 9.13. The summed E-state index contributed by atoms with van der Waals surface area (Å²) in [5.74, 6) is 0.714. The summed E-state index contributed by atoms with van der Waals surface area (Å²) >= 11 is 1.92. The van der Waals surface area contributed by atoms with E-state index in [2.05, 4.69) is 37.3 Å². The molecule has 0 radical (unpaired) electrons. The molecule has 3 rings (SSSR count). The lowest BCUT2D eigenvalue weighted by Gasteiger charge is -2.35. The number of hydrogen-bond donors (Lipinski definition) is 1. The minimum atomic E-state index is 0.546. The van der Waals surface area contributed by atoms with E-state index in [-0.39, 0.29) is 0 Å². The van der Waals surface area contributed by atoms with Crippen molar-refractivity contribution < 1.29 is 0 Å². The smallest absolute Gasteiger partial charge is 0.0960 e. The number of nitrogens with one attached hydrogen (secondary N) is 1. The molecule has 106 valence electrons. The Morgan fingerprint density at radius 1 is 1.37 bits per heavy atom. The third kappa shape index (κ3) is 2.86. The van der Waals surface area contributed by atoms with E-state index in [0.29, 0.717) is 12.0 Å². The van der Waals surface area contributed by atoms with Crippen molar-refractivity contribution in [2.45, 2.75) is 70.1 Å². The van der Waals surface area contributed by atoms with Gasteiger partial charge in [-0.25, -0.2) is 4.98 Å². The lowest BCUT2D eigenvalue weighted by atomic mass is 9.92. The molecule has 2 fully saturated rings. The van der Waals surface area contributed by atoms with Gasteiger partial charge < -0.3 is 10.2 Å². The standard InChI is InChI=1S/C15H25N3S/c1-10(2)16-8-14-9-17-15(19-14)11-6-12-4-5-13(7-11)18(12)3/h9-13,16H,4-8H2,1-3H3. The van der Waals surface area contributed by atoms with Gasteiger partial charge >= 0.3 is 0 Å². The molecule has 2 aliphatic rings. The molecule has 1 N–H and O–H groups in total. The van der Waals surface area contributed by atoms with Crippen LogP contribution in [0.3, 0.4) is 0 Å². The van der Waals surface area contributed by atoms with E-state index >= 15 is 0 Å². The van der Waals surface area contributed by atoms with Crippen LogP contribution in [0.2, 0.25) is 0 Å². The van der Waals surface area contributed by atoms with Crippen LogP contribution in [0.25, 0.3) is 0 Å². The Hall–Kier alpha value is -0.450. The van der Waals surface area contributed by atoms with Crippen molar-refractivity contribution in [3.63, 3.8) is 0 Å². The number of nitrogens with zero attached hydrogens (tertiary/aromatic N) is 2. The first kappa shape index (κ1) is 13.5. The summed E-state index contributed by atoms with van der Waals surface area (Å²) in [5, 5.41) is 4.86. The molecule has 2 saturated heterocycles. The fraction of sp³-hybridized carbons (Fsp3) is 0.800. The van der Waals surface area contributed by atoms with Crippen molar-refractivity contribution >= 4 is 11.3 Å². The van der Waals surface area contributed by atoms with Crippen molar-refractivity contribution in [3.05, 3.63) is 16.1 Å². The van der Waals surface area contributed by atoms with Crippen molar-refractivity contribution in [1.29, 1.82) is 0 Å². The molecule has 2 aliphatic heterocycles. The van der Waals surface area contributed by atoms with Gasteiger partial charge in [0.05, 0.1) is 5.01 Å². The highest BCUT2D eigenvalue weighted by Gasteiger charge is 2.39. The van der Waals surface area contributed by atoms with Gasteiger partial charge in [0.1, 0.15) is 0 Å². The highest BCUT2D eigenvalue weighted by atomic mass is 32.1. The minimum Gasteiger partial charge on any atom is -0.310 e. The van der Waals surface area contributed by atoms with Crippen LogP contribution in [0, 0.1) is 0 Å². The molecule has 1 aromatic heterocycles. The Bertz CT molecular complexity index is 415. The third-order valence-corrected chi connectivity index (χ3v) is 5.86. The molecule has 0 saturated carbocycles. The van der Waals surface area contributed by atoms with Gasteiger partial charge in [-0.2, -0.15) is 0 Å². The van der Waals surface area contributed by atoms with Crippen LogP contribution in [0.4, 0.5) is 0 Å². The van der Waals surface area contributed by atoms with Crippen molar-refractivity contribution in [2.24, 2.45) is 0 Å². The van der Waals surface area contributed by atoms with Gasteiger partial charge in [-0.15, -0.1) is 11.3 Å². The zero-order valence-corrected chi connectivity index (χ0v) is 13.0. The molecular weight excluding hydrogens is 254 g/mol. The number of rotatable bonds is 4. The lowest BCUT2D eigenvalue weighted by molar-refractivity contribution is 0.161. The fourth-order valence-electron chi connectivity index (χ4n) is 3.51. The summed E-state index contributed by atoms with van der Waals surface area (Å²) < 4.78 is 0. The number of aromatic nitrogens is 1. The zero-order chi connectivity index (χ0) is 13.4. The quantitative estimate of drug-likeness (QED) is 0.918. The third-order valence-electron chi connectivity index (χ3n) is 4.70. The molecule has 2 unspecified atom stereocenters. The van der Waals surface area contributed by atoms with Crippen LogP contribution in [0.15, 0.2) is 6.20 Å². The Morgan fingerprint density at radius 3 is 2.68 bits per heavy atom. The molecule has 4 heteroatoms. The Labute approximate surface area is 120 Å². The topological polar surface area (TPSA) is 28.2 Å². The van der Waals surface area contributed by atoms with Gasteiger partial charge in [0.2, 0.25) is 0 Å². The number of fused-ring (bicyclic) bond motifs is 2. The molecule has 0 aromatic carbocycles. The lowest BCUT2D eigenvalue weighted by Crippen LogP contribution is -2.39. The van der Waals surface area contributed by atoms with Gasteiger partial charge in [-0.1, -0.05) is 13.8 Å². The predicted octanol–water partition coefficient (Wildman–Crippen LogP) is 2.98. The molecule has 19 heavy (non-hydrogen) atoms. The van der Waals surface area contributed by atoms with Gasteiger partial charge in [0.15, 0.2) is 0 Å². The second kappa shape index (κ2) is 5.51. The Balaban J connectivity index is 1.64. The highest BCUT2D eigenvalue weighted by molar-refractivity contribution is 7.11. The van der Waals surface area contributed by atoms with Gasteiger partial charge in [0, 0.05) is 41.7 Å². The average Bonchev–Trinajstić information content (AvgIpc) is 2.90. The van der Waals surface area contributed by atoms with Crippen molar-refractivity contribution in [3.8, 4) is 0 Å². The van der Waals surface area contributed by atoms with Crippen LogP contribution < -0.4 is 5.32 Å². The zero-order valence-electron chi connectivity index (χ0n) is 12.2. The Morgan fingerprint density at radius 2 is 2.05 bits per heavy atom. The van der Waals surface area contributed by atoms with E-state index in [9.17, 15) is 0 Å². The predicted molar refractivity (Wildman–Crippen MR) is 80.6 cm³/mol. The maximum atomic E-state index is 4.70. The summed E-state index contributed by atoms with van der Waals surface area (Å²) in [6, 6.07) is 2.17. The molecule has 2 atom stereocenters. The van der Waals surface area contributed by atoms with E-state index in [1.165, 1.54) is 35.6 Å². The van der Waals surface area contributed by atoms with Gasteiger partial charge in [-0.05, 0) is 32.7 Å². The summed E-state index contributed by atoms with van der Waals surface area (Å²) in [6.07, 6.45) is 7.50. The van der Waals surface area contributed by atoms with Crippen LogP contribution >= 0.6 is 11.3 Å². The van der Waals surface area contributed by atoms with Crippen molar-refractivity contribution in [2.75, 3.05) is 7.05 Å². The van der Waals surface area contributed by atoms with E-state index in [4.69, 9.17) is 4.98 Å². The molecule has 3 heterocycles. The largest absolute Gasteiger partial charge is 0.310 e. The van der Waals surface area contributed by atoms with E-state index in [1.807, 2.05) is 11.3 Å². The normalized spacial score (nSPS) is 31.3. The highest BCUT2D eigenvalue weighted by Crippen LogP contribution is 2.42. The molecule has 0 amide bonds. The van der Waals surface area contributed by atoms with Gasteiger partial charge in [0.25, 0.3) is 0 Å². The second-order valence-corrected chi connectivity index (χ2v) is 7.57. The summed E-state index contributed by atoms with van der Waals surface area (Å²) in [7, 11) is 2.30. The molecule has 0 spiro atoms. The first-order valence-corrected chi connectivity index (χ1v) is 8.35. The first-order valence-electron chi connectivity index (χ1n) is 7.53. The van der Waals surface area contributed by atoms with Crippen LogP contribution in [-0.2, 0) is 6.54 Å². The van der Waals surface area contributed by atoms with Crippen molar-refractivity contribution in [1.82, 2.24) is 15.2 Å². The SMILES string of the molecule is CC(C)NCc1cnc(C2CC3CCC(C2)N3C)s1. The molecule has 1 aromatic rings. The summed E-state index contributed by atoms with van der Waals surface area (Å²) in [5.41, 5.74) is 0. The molecule has 2 bridgehead atoms. The number of thiazole rings is 1. The van der Waals surface area contributed by atoms with E-state index in [1.54, 1.807) is 0 Å². The fourth-order valence-corrected chi connectivity index (χ4v) is 4.51. The van der Waals surface area contributed by atoms with Gasteiger partial charge in [-0.3, -0.25) is 0 Å². The monoisotopic (exact) mass is 279 g/mol. The van der Waals surface area contributed by atoms with Crippen LogP contribution in [0.5, 0.6) is 0 Å². The van der Waals surface area contributed by atoms with Crippen LogP contribution in [-0.4, -0.2) is 35.1 Å². The molecular formula is C15H25N3S. The second-order valence-electron chi connectivity index (χ2n) is 6.42. The average molecular weight is 279 g/mol. The minimum absolute atomic E-state index is 0.546. The number of piperidine rings is 1. The maximum Gasteiger partial charge on any atom is 0.0960 e. The number of hydrogen-bond acceptors (Lipinski definition) is 4.